The van der Waals surface area contributed by atoms with E-state index in [0.717, 1.165) is 9.79 Å². The van der Waals surface area contributed by atoms with Crippen molar-refractivity contribution in [1.29, 1.82) is 0 Å². The molecule has 0 heterocycles. The van der Waals surface area contributed by atoms with Gasteiger partial charge in [-0.2, -0.15) is 0 Å². The molecule has 140 valence electrons. The second-order valence-electron chi connectivity index (χ2n) is 4.67. The number of halogens is 2. The Morgan fingerprint density at radius 2 is 1.04 bits per heavy atom. The first-order valence-corrected chi connectivity index (χ1v) is 11.9. The molecule has 0 aliphatic heterocycles. The Hall–Kier alpha value is -0.400. The Morgan fingerprint density at radius 1 is 0.731 bits per heavy atom. The molecule has 2 atom stereocenters. The Bertz CT molecular complexity index is 711. The van der Waals surface area contributed by atoms with Gasteiger partial charge in [0.2, 0.25) is 0 Å². The van der Waals surface area contributed by atoms with Gasteiger partial charge >= 0.3 is 0 Å². The largest absolute Gasteiger partial charge is 0.391 e. The van der Waals surface area contributed by atoms with Crippen LogP contribution in [-0.4, -0.2) is 31.8 Å². The highest BCUT2D eigenvalue weighted by molar-refractivity contribution is 14.1. The van der Waals surface area contributed by atoms with Crippen LogP contribution in [0.5, 0.6) is 0 Å². The van der Waals surface area contributed by atoms with Gasteiger partial charge in [0.25, 0.3) is 0 Å². The number of benzene rings is 2. The summed E-state index contributed by atoms with van der Waals surface area (Å²) in [5.74, 6) is 0. The smallest absolute Gasteiger partial charge is 0.0784 e. The summed E-state index contributed by atoms with van der Waals surface area (Å²) in [4.78, 5) is 1.51. The van der Waals surface area contributed by atoms with E-state index in [1.807, 2.05) is 81.6 Å². The van der Waals surface area contributed by atoms with Crippen molar-refractivity contribution < 1.29 is 18.6 Å². The minimum Gasteiger partial charge on any atom is -0.391 e. The molecule has 0 aliphatic carbocycles. The number of aliphatic hydroxyl groups is 2. The molecule has 0 aromatic heterocycles. The van der Waals surface area contributed by atoms with E-state index in [0.29, 0.717) is 7.16 Å². The Labute approximate surface area is 185 Å². The zero-order chi connectivity index (χ0) is 19.4. The van der Waals surface area contributed by atoms with Gasteiger partial charge in [-0.1, -0.05) is 36.4 Å². The SMILES string of the molecule is O=[S@](/C=C(/I)CO)c1ccccc1.O=[S@](/C=C(/I)CO)c1ccccc1. The lowest BCUT2D eigenvalue weighted by atomic mass is 10.4. The van der Waals surface area contributed by atoms with E-state index in [1.54, 1.807) is 35.1 Å². The Morgan fingerprint density at radius 3 is 1.31 bits per heavy atom. The van der Waals surface area contributed by atoms with E-state index in [-0.39, 0.29) is 13.2 Å². The van der Waals surface area contributed by atoms with Crippen LogP contribution in [0.4, 0.5) is 0 Å². The van der Waals surface area contributed by atoms with Gasteiger partial charge in [0.15, 0.2) is 0 Å². The van der Waals surface area contributed by atoms with E-state index in [2.05, 4.69) is 0 Å². The highest BCUT2D eigenvalue weighted by Crippen LogP contribution is 2.13. The molecule has 0 unspecified atom stereocenters. The van der Waals surface area contributed by atoms with Crippen molar-refractivity contribution >= 4 is 66.8 Å². The second kappa shape index (κ2) is 13.7. The van der Waals surface area contributed by atoms with Crippen molar-refractivity contribution in [1.82, 2.24) is 0 Å². The van der Waals surface area contributed by atoms with E-state index in [9.17, 15) is 8.42 Å². The van der Waals surface area contributed by atoms with Crippen LogP contribution in [0, 0.1) is 0 Å². The summed E-state index contributed by atoms with van der Waals surface area (Å²) in [6.45, 7) is -0.113. The average molecular weight is 616 g/mol. The minimum absolute atomic E-state index is 0.0564. The van der Waals surface area contributed by atoms with E-state index < -0.39 is 21.6 Å². The van der Waals surface area contributed by atoms with Crippen LogP contribution in [0.1, 0.15) is 0 Å². The van der Waals surface area contributed by atoms with Crippen molar-refractivity contribution in [2.45, 2.75) is 9.79 Å². The molecule has 0 spiro atoms. The van der Waals surface area contributed by atoms with Gasteiger partial charge in [0, 0.05) is 27.8 Å². The standard InChI is InChI=1S/2C9H9IO2S/c2*10-8(6-11)7-13(12)9-4-2-1-3-5-9/h2*1-5,7,11H,6H2/b2*8-7+/t2*13-/m11/s1. The first-order chi connectivity index (χ1) is 12.5. The second-order valence-corrected chi connectivity index (χ2v) is 10.0. The third-order valence-electron chi connectivity index (χ3n) is 2.72. The molecule has 26 heavy (non-hydrogen) atoms. The maximum atomic E-state index is 11.5. The molecule has 0 saturated heterocycles. The monoisotopic (exact) mass is 616 g/mol. The van der Waals surface area contributed by atoms with E-state index in [1.165, 1.54) is 0 Å². The third-order valence-corrected chi connectivity index (χ3v) is 7.34. The van der Waals surface area contributed by atoms with Crippen molar-refractivity contribution in [2.24, 2.45) is 0 Å². The summed E-state index contributed by atoms with van der Waals surface area (Å²) in [6, 6.07) is 18.3. The molecule has 4 nitrogen and oxygen atoms in total. The molecular weight excluding hydrogens is 598 g/mol. The molecule has 0 fully saturated rings. The number of rotatable bonds is 6. The summed E-state index contributed by atoms with van der Waals surface area (Å²) in [6.07, 6.45) is 0. The number of aliphatic hydroxyl groups excluding tert-OH is 2. The molecule has 0 saturated carbocycles. The molecule has 0 bridgehead atoms. The molecule has 2 N–H and O–H groups in total. The van der Waals surface area contributed by atoms with E-state index >= 15 is 0 Å². The van der Waals surface area contributed by atoms with Crippen molar-refractivity contribution in [3.05, 3.63) is 78.6 Å². The van der Waals surface area contributed by atoms with Gasteiger partial charge in [0.05, 0.1) is 34.8 Å². The molecular formula is C18H18I2O4S2. The van der Waals surface area contributed by atoms with Gasteiger partial charge in [-0.15, -0.1) is 0 Å². The van der Waals surface area contributed by atoms with Crippen LogP contribution < -0.4 is 0 Å². The van der Waals surface area contributed by atoms with Gasteiger partial charge in [-0.3, -0.25) is 0 Å². The fraction of sp³-hybridized carbons (Fsp3) is 0.111. The van der Waals surface area contributed by atoms with Gasteiger partial charge in [-0.05, 0) is 69.4 Å². The normalized spacial score (nSPS) is 14.2. The first kappa shape index (κ1) is 23.6. The predicted molar refractivity (Wildman–Crippen MR) is 124 cm³/mol. The molecule has 2 aromatic carbocycles. The van der Waals surface area contributed by atoms with Crippen LogP contribution in [0.2, 0.25) is 0 Å². The fourth-order valence-electron chi connectivity index (χ4n) is 1.55. The topological polar surface area (TPSA) is 74.6 Å². The number of hydrogen-bond acceptors (Lipinski definition) is 4. The predicted octanol–water partition coefficient (Wildman–Crippen LogP) is 4.13. The lowest BCUT2D eigenvalue weighted by Gasteiger charge is -1.96. The van der Waals surface area contributed by atoms with E-state index in [4.69, 9.17) is 10.2 Å². The third kappa shape index (κ3) is 9.51. The lowest BCUT2D eigenvalue weighted by molar-refractivity contribution is 0.341. The molecule has 0 amide bonds. The maximum absolute atomic E-state index is 11.5. The van der Waals surface area contributed by atoms with Crippen LogP contribution in [-0.2, 0) is 21.6 Å². The average Bonchev–Trinajstić information content (AvgIpc) is 2.69. The summed E-state index contributed by atoms with van der Waals surface area (Å²) in [5, 5.41) is 20.5. The van der Waals surface area contributed by atoms with Crippen LogP contribution in [0.3, 0.4) is 0 Å². The van der Waals surface area contributed by atoms with Gasteiger partial charge < -0.3 is 10.2 Å². The summed E-state index contributed by atoms with van der Waals surface area (Å²) >= 11 is 3.93. The quantitative estimate of drug-likeness (QED) is 0.480. The molecule has 8 heteroatoms. The first-order valence-electron chi connectivity index (χ1n) is 7.33. The summed E-state index contributed by atoms with van der Waals surface area (Å²) in [7, 11) is -2.29. The molecule has 2 rings (SSSR count). The van der Waals surface area contributed by atoms with Gasteiger partial charge in [0.1, 0.15) is 0 Å². The van der Waals surface area contributed by atoms with Crippen LogP contribution >= 0.6 is 45.2 Å². The summed E-state index contributed by atoms with van der Waals surface area (Å²) in [5.41, 5.74) is 0. The fourth-order valence-corrected chi connectivity index (χ4v) is 4.67. The van der Waals surface area contributed by atoms with Gasteiger partial charge in [-0.25, -0.2) is 8.42 Å². The summed E-state index contributed by atoms with van der Waals surface area (Å²) < 4.78 is 24.5. The molecule has 0 radical (unpaired) electrons. The molecule has 2 aromatic rings. The van der Waals surface area contributed by atoms with Crippen molar-refractivity contribution in [2.75, 3.05) is 13.2 Å². The maximum Gasteiger partial charge on any atom is 0.0784 e. The van der Waals surface area contributed by atoms with Crippen LogP contribution in [0.15, 0.2) is 88.4 Å². The van der Waals surface area contributed by atoms with Crippen LogP contribution in [0.25, 0.3) is 0 Å². The Kier molecular flexibility index (Phi) is 12.5. The van der Waals surface area contributed by atoms with Crippen molar-refractivity contribution in [3.63, 3.8) is 0 Å². The highest BCUT2D eigenvalue weighted by Gasteiger charge is 2.00. The lowest BCUT2D eigenvalue weighted by Crippen LogP contribution is -1.88. The highest BCUT2D eigenvalue weighted by atomic mass is 127. The zero-order valence-corrected chi connectivity index (χ0v) is 19.6. The number of hydrogen-bond donors (Lipinski definition) is 2. The zero-order valence-electron chi connectivity index (χ0n) is 13.6. The van der Waals surface area contributed by atoms with Crippen molar-refractivity contribution in [3.8, 4) is 0 Å². The minimum atomic E-state index is -1.14. The Balaban J connectivity index is 0.000000260. The molecule has 0 aliphatic rings.